The average molecular weight is 334 g/mol. The molecule has 0 unspecified atom stereocenters. The van der Waals surface area contributed by atoms with Gasteiger partial charge in [0.15, 0.2) is 5.82 Å². The number of pyridine rings is 1. The summed E-state index contributed by atoms with van der Waals surface area (Å²) in [7, 11) is 1.76. The molecule has 7 nitrogen and oxygen atoms in total. The first-order chi connectivity index (χ1) is 12.2. The van der Waals surface area contributed by atoms with E-state index in [1.807, 2.05) is 18.3 Å². The summed E-state index contributed by atoms with van der Waals surface area (Å²) in [6.07, 6.45) is 9.69. The highest BCUT2D eigenvalue weighted by atomic mass is 16.2. The van der Waals surface area contributed by atoms with Gasteiger partial charge in [-0.15, -0.1) is 0 Å². The monoisotopic (exact) mass is 334 g/mol. The number of hydrogen-bond donors (Lipinski definition) is 1. The number of aromatic nitrogens is 5. The van der Waals surface area contributed by atoms with Crippen molar-refractivity contribution < 1.29 is 4.79 Å². The van der Waals surface area contributed by atoms with Gasteiger partial charge in [-0.05, 0) is 37.5 Å². The fourth-order valence-corrected chi connectivity index (χ4v) is 3.16. The fraction of sp³-hybridized carbons (Fsp3) is 0.278. The lowest BCUT2D eigenvalue weighted by Gasteiger charge is -2.25. The highest BCUT2D eigenvalue weighted by molar-refractivity contribution is 5.92. The Hall–Kier alpha value is -3.09. The van der Waals surface area contributed by atoms with Crippen molar-refractivity contribution >= 4 is 5.91 Å². The van der Waals surface area contributed by atoms with Crippen LogP contribution in [0.3, 0.4) is 0 Å². The van der Waals surface area contributed by atoms with E-state index >= 15 is 0 Å². The van der Waals surface area contributed by atoms with Crippen LogP contribution in [0.1, 0.15) is 40.6 Å². The number of rotatable bonds is 3. The van der Waals surface area contributed by atoms with Crippen LogP contribution in [0.4, 0.5) is 0 Å². The fourth-order valence-electron chi connectivity index (χ4n) is 3.16. The lowest BCUT2D eigenvalue weighted by Crippen LogP contribution is -2.32. The zero-order valence-electron chi connectivity index (χ0n) is 13.9. The van der Waals surface area contributed by atoms with E-state index in [1.54, 1.807) is 36.4 Å². The number of hydrogen-bond acceptors (Lipinski definition) is 5. The largest absolute Gasteiger partial charge is 0.344 e. The summed E-state index contributed by atoms with van der Waals surface area (Å²) >= 11 is 0. The average Bonchev–Trinajstić information content (AvgIpc) is 3.08. The molecular formula is C18H18N6O. The van der Waals surface area contributed by atoms with Crippen molar-refractivity contribution in [3.8, 4) is 11.4 Å². The van der Waals surface area contributed by atoms with Crippen LogP contribution in [0.2, 0.25) is 0 Å². The second-order valence-corrected chi connectivity index (χ2v) is 6.10. The minimum Gasteiger partial charge on any atom is -0.344 e. The van der Waals surface area contributed by atoms with Crippen molar-refractivity contribution in [3.63, 3.8) is 0 Å². The smallest absolute Gasteiger partial charge is 0.270 e. The Morgan fingerprint density at radius 3 is 2.96 bits per heavy atom. The molecule has 0 radical (unpaired) electrons. The second-order valence-electron chi connectivity index (χ2n) is 6.10. The summed E-state index contributed by atoms with van der Waals surface area (Å²) in [6.45, 7) is 0. The predicted octanol–water partition coefficient (Wildman–Crippen LogP) is 2.08. The molecule has 1 aliphatic carbocycles. The molecule has 0 bridgehead atoms. The van der Waals surface area contributed by atoms with Gasteiger partial charge in [-0.25, -0.2) is 9.97 Å². The van der Waals surface area contributed by atoms with Crippen molar-refractivity contribution in [3.05, 3.63) is 59.9 Å². The molecule has 3 aromatic rings. The van der Waals surface area contributed by atoms with Crippen LogP contribution in [-0.2, 0) is 13.5 Å². The molecule has 3 aromatic heterocycles. The van der Waals surface area contributed by atoms with Crippen molar-refractivity contribution in [2.24, 2.45) is 7.05 Å². The first kappa shape index (κ1) is 15.4. The molecule has 0 aromatic carbocycles. The molecule has 7 heteroatoms. The van der Waals surface area contributed by atoms with Gasteiger partial charge in [0.1, 0.15) is 5.69 Å². The number of nitrogens with zero attached hydrogens (tertiary/aromatic N) is 5. The molecule has 1 aliphatic rings. The third kappa shape index (κ3) is 3.00. The van der Waals surface area contributed by atoms with Gasteiger partial charge in [-0.1, -0.05) is 0 Å². The first-order valence-corrected chi connectivity index (χ1v) is 8.27. The lowest BCUT2D eigenvalue weighted by molar-refractivity contribution is 0.0923. The Kier molecular flexibility index (Phi) is 3.97. The van der Waals surface area contributed by atoms with E-state index in [0.717, 1.165) is 36.1 Å². The van der Waals surface area contributed by atoms with Crippen molar-refractivity contribution in [2.75, 3.05) is 0 Å². The van der Waals surface area contributed by atoms with E-state index in [1.165, 1.54) is 0 Å². The predicted molar refractivity (Wildman–Crippen MR) is 91.6 cm³/mol. The van der Waals surface area contributed by atoms with E-state index in [9.17, 15) is 4.79 Å². The molecule has 0 saturated carbocycles. The Labute approximate surface area is 145 Å². The van der Waals surface area contributed by atoms with Gasteiger partial charge in [0.05, 0.1) is 6.04 Å². The Morgan fingerprint density at radius 1 is 1.28 bits per heavy atom. The number of aryl methyl sites for hydroxylation is 2. The Morgan fingerprint density at radius 2 is 2.20 bits per heavy atom. The van der Waals surface area contributed by atoms with Gasteiger partial charge in [0.2, 0.25) is 0 Å². The summed E-state index contributed by atoms with van der Waals surface area (Å²) in [5.41, 5.74) is 3.43. The first-order valence-electron chi connectivity index (χ1n) is 8.27. The second kappa shape index (κ2) is 6.43. The molecule has 4 rings (SSSR count). The summed E-state index contributed by atoms with van der Waals surface area (Å²) in [5, 5.41) is 7.13. The van der Waals surface area contributed by atoms with Crippen molar-refractivity contribution in [1.29, 1.82) is 0 Å². The molecule has 3 heterocycles. The van der Waals surface area contributed by atoms with Gasteiger partial charge in [0, 0.05) is 48.7 Å². The topological polar surface area (TPSA) is 85.6 Å². The number of nitrogens with one attached hydrogen (secondary N) is 1. The van der Waals surface area contributed by atoms with E-state index in [2.05, 4.69) is 20.4 Å². The molecule has 1 N–H and O–H groups in total. The quantitative estimate of drug-likeness (QED) is 0.792. The number of fused-ring (bicyclic) bond motifs is 1. The molecule has 1 atom stereocenters. The maximum atomic E-state index is 12.5. The summed E-state index contributed by atoms with van der Waals surface area (Å²) in [6, 6.07) is 5.45. The van der Waals surface area contributed by atoms with E-state index in [0.29, 0.717) is 11.5 Å². The van der Waals surface area contributed by atoms with Crippen molar-refractivity contribution in [1.82, 2.24) is 30.0 Å². The molecule has 0 fully saturated rings. The molecule has 25 heavy (non-hydrogen) atoms. The zero-order chi connectivity index (χ0) is 17.2. The third-order valence-electron chi connectivity index (χ3n) is 4.46. The maximum Gasteiger partial charge on any atom is 0.270 e. The Balaban J connectivity index is 1.60. The standard InChI is InChI=1S/C18H18N6O/c1-24-16(7-9-21-24)18(25)23-15-6-2-5-14-13(15)11-20-17(22-14)12-4-3-8-19-10-12/h3-4,7-11,15H,2,5-6H2,1H3,(H,23,25)/t15-/m1/s1. The van der Waals surface area contributed by atoms with Crippen molar-refractivity contribution in [2.45, 2.75) is 25.3 Å². The van der Waals surface area contributed by atoms with Gasteiger partial charge in [0.25, 0.3) is 5.91 Å². The van der Waals surface area contributed by atoms with Gasteiger partial charge in [-0.3, -0.25) is 14.5 Å². The van der Waals surface area contributed by atoms with Gasteiger partial charge < -0.3 is 5.32 Å². The number of amides is 1. The molecule has 126 valence electrons. The van der Waals surface area contributed by atoms with Crippen LogP contribution in [0.5, 0.6) is 0 Å². The Bertz CT molecular complexity index is 905. The summed E-state index contributed by atoms with van der Waals surface area (Å²) in [5.74, 6) is 0.541. The zero-order valence-corrected chi connectivity index (χ0v) is 13.9. The normalized spacial score (nSPS) is 16.3. The van der Waals surface area contributed by atoms with E-state index in [4.69, 9.17) is 4.98 Å². The van der Waals surface area contributed by atoms with Crippen LogP contribution >= 0.6 is 0 Å². The van der Waals surface area contributed by atoms with Crippen LogP contribution < -0.4 is 5.32 Å². The van der Waals surface area contributed by atoms with Crippen LogP contribution in [0.25, 0.3) is 11.4 Å². The molecule has 0 aliphatic heterocycles. The highest BCUT2D eigenvalue weighted by Crippen LogP contribution is 2.29. The van der Waals surface area contributed by atoms with Gasteiger partial charge in [-0.2, -0.15) is 5.10 Å². The lowest BCUT2D eigenvalue weighted by atomic mass is 9.92. The minimum absolute atomic E-state index is 0.0749. The van der Waals surface area contributed by atoms with Crippen LogP contribution in [0.15, 0.2) is 43.0 Å². The van der Waals surface area contributed by atoms with Crippen LogP contribution in [0, 0.1) is 0 Å². The molecule has 0 saturated heterocycles. The highest BCUT2D eigenvalue weighted by Gasteiger charge is 2.25. The molecule has 0 spiro atoms. The summed E-state index contributed by atoms with van der Waals surface area (Å²) < 4.78 is 1.57. The third-order valence-corrected chi connectivity index (χ3v) is 4.46. The van der Waals surface area contributed by atoms with Gasteiger partial charge >= 0.3 is 0 Å². The van der Waals surface area contributed by atoms with Crippen LogP contribution in [-0.4, -0.2) is 30.6 Å². The molecular weight excluding hydrogens is 316 g/mol. The minimum atomic E-state index is -0.130. The molecule has 1 amide bonds. The SMILES string of the molecule is Cn1nccc1C(=O)N[C@@H]1CCCc2nc(-c3cccnc3)ncc21. The maximum absolute atomic E-state index is 12.5. The number of carbonyl (C=O) groups is 1. The summed E-state index contributed by atoms with van der Waals surface area (Å²) in [4.78, 5) is 25.8. The van der Waals surface area contributed by atoms with E-state index < -0.39 is 0 Å². The number of carbonyl (C=O) groups excluding carboxylic acids is 1. The van der Waals surface area contributed by atoms with E-state index in [-0.39, 0.29) is 11.9 Å².